The molecule has 7 heteroatoms. The second-order valence-electron chi connectivity index (χ2n) is 5.16. The summed E-state index contributed by atoms with van der Waals surface area (Å²) in [5.74, 6) is 1.30. The summed E-state index contributed by atoms with van der Waals surface area (Å²) in [4.78, 5) is 12.4. The predicted molar refractivity (Wildman–Crippen MR) is 91.4 cm³/mol. The largest absolute Gasteiger partial charge is 0.493 e. The number of anilines is 1. The monoisotopic (exact) mass is 348 g/mol. The van der Waals surface area contributed by atoms with Crippen LogP contribution in [0.1, 0.15) is 22.1 Å². The molecule has 6 nitrogen and oxygen atoms in total. The quantitative estimate of drug-likeness (QED) is 0.888. The van der Waals surface area contributed by atoms with E-state index in [0.717, 1.165) is 0 Å². The topological polar surface area (TPSA) is 68.8 Å². The van der Waals surface area contributed by atoms with Crippen molar-refractivity contribution < 1.29 is 19.0 Å². The molecular formula is C17H17ClN2O4. The Morgan fingerprint density at radius 1 is 0.958 bits per heavy atom. The normalized spacial score (nSPS) is 15.8. The van der Waals surface area contributed by atoms with Crippen molar-refractivity contribution in [3.05, 3.63) is 46.5 Å². The van der Waals surface area contributed by atoms with Crippen molar-refractivity contribution in [2.45, 2.75) is 6.17 Å². The van der Waals surface area contributed by atoms with Crippen LogP contribution in [0.3, 0.4) is 0 Å². The van der Waals surface area contributed by atoms with Crippen LogP contribution in [0, 0.1) is 0 Å². The highest BCUT2D eigenvalue weighted by molar-refractivity contribution is 6.31. The van der Waals surface area contributed by atoms with Gasteiger partial charge in [-0.25, -0.2) is 0 Å². The SMILES string of the molecule is COc1ccc([C@@H]2NC(=O)c3ccc(Cl)cc3N2)c(OC)c1OC. The van der Waals surface area contributed by atoms with Crippen molar-refractivity contribution in [1.29, 1.82) is 0 Å². The molecule has 0 bridgehead atoms. The maximum atomic E-state index is 12.4. The zero-order chi connectivity index (χ0) is 17.3. The van der Waals surface area contributed by atoms with Crippen LogP contribution < -0.4 is 24.8 Å². The summed E-state index contributed by atoms with van der Waals surface area (Å²) in [6.07, 6.45) is -0.488. The van der Waals surface area contributed by atoms with E-state index in [9.17, 15) is 4.79 Å². The molecule has 1 aliphatic rings. The van der Waals surface area contributed by atoms with Crippen LogP contribution in [0.2, 0.25) is 5.02 Å². The van der Waals surface area contributed by atoms with Gasteiger partial charge in [-0.15, -0.1) is 0 Å². The third-order valence-corrected chi connectivity index (χ3v) is 4.08. The first-order valence-electron chi connectivity index (χ1n) is 7.24. The fourth-order valence-electron chi connectivity index (χ4n) is 2.74. The number of hydrogen-bond acceptors (Lipinski definition) is 5. The van der Waals surface area contributed by atoms with Gasteiger partial charge in [-0.1, -0.05) is 11.6 Å². The highest BCUT2D eigenvalue weighted by atomic mass is 35.5. The van der Waals surface area contributed by atoms with Crippen molar-refractivity contribution in [3.63, 3.8) is 0 Å². The van der Waals surface area contributed by atoms with Crippen LogP contribution in [0.5, 0.6) is 17.2 Å². The Morgan fingerprint density at radius 2 is 1.71 bits per heavy atom. The van der Waals surface area contributed by atoms with Gasteiger partial charge in [-0.3, -0.25) is 4.79 Å². The number of benzene rings is 2. The lowest BCUT2D eigenvalue weighted by Crippen LogP contribution is -2.38. The van der Waals surface area contributed by atoms with Crippen molar-refractivity contribution in [2.75, 3.05) is 26.6 Å². The van der Waals surface area contributed by atoms with Gasteiger partial charge in [0.05, 0.1) is 32.6 Å². The minimum absolute atomic E-state index is 0.192. The van der Waals surface area contributed by atoms with E-state index < -0.39 is 6.17 Å². The maximum Gasteiger partial charge on any atom is 0.255 e. The smallest absolute Gasteiger partial charge is 0.255 e. The minimum Gasteiger partial charge on any atom is -0.493 e. The number of ether oxygens (including phenoxy) is 3. The summed E-state index contributed by atoms with van der Waals surface area (Å²) in [6, 6.07) is 8.66. The van der Waals surface area contributed by atoms with Crippen LogP contribution in [-0.2, 0) is 0 Å². The molecule has 2 N–H and O–H groups in total. The number of rotatable bonds is 4. The van der Waals surface area contributed by atoms with E-state index >= 15 is 0 Å². The van der Waals surface area contributed by atoms with Crippen LogP contribution in [0.25, 0.3) is 0 Å². The molecule has 0 saturated carbocycles. The number of hydrogen-bond donors (Lipinski definition) is 2. The fraction of sp³-hybridized carbons (Fsp3) is 0.235. The van der Waals surface area contributed by atoms with Crippen molar-refractivity contribution >= 4 is 23.2 Å². The maximum absolute atomic E-state index is 12.4. The summed E-state index contributed by atoms with van der Waals surface area (Å²) in [7, 11) is 4.62. The Kier molecular flexibility index (Phi) is 4.40. The molecule has 1 amide bonds. The first-order valence-corrected chi connectivity index (χ1v) is 7.62. The Bertz CT molecular complexity index is 794. The van der Waals surface area contributed by atoms with Crippen LogP contribution in [-0.4, -0.2) is 27.2 Å². The summed E-state index contributed by atoms with van der Waals surface area (Å²) in [5.41, 5.74) is 1.91. The summed E-state index contributed by atoms with van der Waals surface area (Å²) in [5, 5.41) is 6.71. The molecule has 2 aromatic rings. The molecule has 1 atom stereocenters. The number of amides is 1. The first kappa shape index (κ1) is 16.3. The number of carbonyl (C=O) groups excluding carboxylic acids is 1. The molecule has 1 heterocycles. The molecule has 0 radical (unpaired) electrons. The third-order valence-electron chi connectivity index (χ3n) is 3.85. The fourth-order valence-corrected chi connectivity index (χ4v) is 2.91. The molecule has 0 aromatic heterocycles. The Hall–Kier alpha value is -2.60. The average Bonchev–Trinajstić information content (AvgIpc) is 2.59. The predicted octanol–water partition coefficient (Wildman–Crippen LogP) is 3.22. The Balaban J connectivity index is 2.05. The number of methoxy groups -OCH3 is 3. The van der Waals surface area contributed by atoms with Crippen molar-refractivity contribution in [3.8, 4) is 17.2 Å². The Morgan fingerprint density at radius 3 is 2.38 bits per heavy atom. The molecule has 0 unspecified atom stereocenters. The van der Waals surface area contributed by atoms with Crippen molar-refractivity contribution in [1.82, 2.24) is 5.32 Å². The van der Waals surface area contributed by atoms with Crippen LogP contribution in [0.4, 0.5) is 5.69 Å². The van der Waals surface area contributed by atoms with E-state index in [1.807, 2.05) is 6.07 Å². The first-order chi connectivity index (χ1) is 11.6. The van der Waals surface area contributed by atoms with Crippen molar-refractivity contribution in [2.24, 2.45) is 0 Å². The van der Waals surface area contributed by atoms with Crippen LogP contribution >= 0.6 is 11.6 Å². The molecule has 0 fully saturated rings. The molecule has 2 aromatic carbocycles. The van der Waals surface area contributed by atoms with Gasteiger partial charge in [0, 0.05) is 10.6 Å². The van der Waals surface area contributed by atoms with E-state index in [2.05, 4.69) is 10.6 Å². The lowest BCUT2D eigenvalue weighted by Gasteiger charge is -2.29. The Labute approximate surface area is 144 Å². The van der Waals surface area contributed by atoms with E-state index in [1.54, 1.807) is 31.4 Å². The zero-order valence-electron chi connectivity index (χ0n) is 13.5. The average molecular weight is 349 g/mol. The zero-order valence-corrected chi connectivity index (χ0v) is 14.2. The van der Waals surface area contributed by atoms with E-state index in [1.165, 1.54) is 14.2 Å². The second kappa shape index (κ2) is 6.49. The summed E-state index contributed by atoms with van der Waals surface area (Å²) >= 11 is 6.03. The standard InChI is InChI=1S/C17H17ClN2O4/c1-22-13-7-6-11(14(23-2)15(13)24-3)16-19-12-8-9(18)4-5-10(12)17(21)20-16/h4-8,16,19H,1-3H3,(H,20,21)/t16-/m0/s1. The van der Waals surface area contributed by atoms with Gasteiger partial charge in [-0.2, -0.15) is 0 Å². The number of fused-ring (bicyclic) bond motifs is 1. The molecule has 24 heavy (non-hydrogen) atoms. The number of halogens is 1. The lowest BCUT2D eigenvalue weighted by atomic mass is 10.0. The van der Waals surface area contributed by atoms with Gasteiger partial charge >= 0.3 is 0 Å². The van der Waals surface area contributed by atoms with Crippen LogP contribution in [0.15, 0.2) is 30.3 Å². The van der Waals surface area contributed by atoms with Gasteiger partial charge in [0.2, 0.25) is 5.75 Å². The van der Waals surface area contributed by atoms with Gasteiger partial charge in [0.15, 0.2) is 11.5 Å². The molecule has 0 spiro atoms. The molecule has 0 aliphatic carbocycles. The number of nitrogens with one attached hydrogen (secondary N) is 2. The summed E-state index contributed by atoms with van der Waals surface area (Å²) in [6.45, 7) is 0. The van der Waals surface area contributed by atoms with Gasteiger partial charge in [0.1, 0.15) is 6.17 Å². The second-order valence-corrected chi connectivity index (χ2v) is 5.60. The van der Waals surface area contributed by atoms with Gasteiger partial charge < -0.3 is 24.8 Å². The van der Waals surface area contributed by atoms with Gasteiger partial charge in [0.25, 0.3) is 5.91 Å². The molecule has 1 aliphatic heterocycles. The summed E-state index contributed by atoms with van der Waals surface area (Å²) < 4.78 is 16.2. The molecular weight excluding hydrogens is 332 g/mol. The van der Waals surface area contributed by atoms with E-state index in [4.69, 9.17) is 25.8 Å². The molecule has 0 saturated heterocycles. The molecule has 126 valence electrons. The van der Waals surface area contributed by atoms with E-state index in [0.29, 0.717) is 39.1 Å². The highest BCUT2D eigenvalue weighted by Gasteiger charge is 2.29. The van der Waals surface area contributed by atoms with Gasteiger partial charge in [-0.05, 0) is 30.3 Å². The third kappa shape index (κ3) is 2.69. The minimum atomic E-state index is -0.488. The lowest BCUT2D eigenvalue weighted by molar-refractivity contribution is 0.0935. The van der Waals surface area contributed by atoms with E-state index in [-0.39, 0.29) is 5.91 Å². The molecule has 3 rings (SSSR count). The highest BCUT2D eigenvalue weighted by Crippen LogP contribution is 2.43. The number of carbonyl (C=O) groups is 1.